The van der Waals surface area contributed by atoms with Gasteiger partial charge < -0.3 is 18.9 Å². The molecule has 2 atom stereocenters. The van der Waals surface area contributed by atoms with E-state index in [0.717, 1.165) is 77.0 Å². The number of quaternary nitrogens is 1. The standard InChI is InChI=1S/C38H68NO7P/c1-6-8-10-11-12-13-14-15-16-17-18-19-20-21-22-23-24-25-26-27-28-30-33-43-35-37(46-38(40)31-29-9-7-2)36-45-47(41,42)44-34-32-39(3,4)5/h8,10,12-13,15-16,18-19,21-22,37H,6-7,9,11,14,17,20,23-36H2,1-5H3/p+1/b10-8-,13-12-,16-15-,19-18-,22-21-. The van der Waals surface area contributed by atoms with Crippen LogP contribution in [0.4, 0.5) is 0 Å². The lowest BCUT2D eigenvalue weighted by atomic mass is 10.1. The number of phosphoric ester groups is 1. The molecule has 0 rings (SSSR count). The number of likely N-dealkylation sites (N-methyl/N-ethyl adjacent to an activating group) is 1. The second-order valence-corrected chi connectivity index (χ2v) is 14.3. The summed E-state index contributed by atoms with van der Waals surface area (Å²) in [6.07, 6.45) is 37.6. The average molecular weight is 683 g/mol. The fraction of sp³-hybridized carbons (Fsp3) is 0.711. The second-order valence-electron chi connectivity index (χ2n) is 12.9. The highest BCUT2D eigenvalue weighted by Crippen LogP contribution is 2.43. The molecule has 0 aliphatic rings. The minimum atomic E-state index is -4.25. The maximum Gasteiger partial charge on any atom is 0.472 e. The van der Waals surface area contributed by atoms with Crippen LogP contribution in [-0.2, 0) is 27.9 Å². The Labute approximate surface area is 288 Å². The number of carbonyl (C=O) groups excluding carboxylic acids is 1. The molecule has 0 aromatic rings. The van der Waals surface area contributed by atoms with Gasteiger partial charge in [-0.1, -0.05) is 113 Å². The summed E-state index contributed by atoms with van der Waals surface area (Å²) >= 11 is 0. The smallest absolute Gasteiger partial charge is 0.457 e. The topological polar surface area (TPSA) is 91.3 Å². The molecule has 47 heavy (non-hydrogen) atoms. The fourth-order valence-corrected chi connectivity index (χ4v) is 5.02. The molecule has 0 heterocycles. The quantitative estimate of drug-likeness (QED) is 0.0248. The summed E-state index contributed by atoms with van der Waals surface area (Å²) in [5.41, 5.74) is 0. The van der Waals surface area contributed by atoms with Gasteiger partial charge in [-0.3, -0.25) is 13.8 Å². The number of hydrogen-bond acceptors (Lipinski definition) is 6. The van der Waals surface area contributed by atoms with Crippen LogP contribution >= 0.6 is 7.82 Å². The number of ether oxygens (including phenoxy) is 2. The van der Waals surface area contributed by atoms with Crippen LogP contribution in [0.15, 0.2) is 60.8 Å². The van der Waals surface area contributed by atoms with Crippen LogP contribution in [-0.4, -0.2) is 75.6 Å². The number of nitrogens with zero attached hydrogens (tertiary/aromatic N) is 1. The Morgan fingerprint density at radius 2 is 1.23 bits per heavy atom. The predicted octanol–water partition coefficient (Wildman–Crippen LogP) is 9.82. The summed E-state index contributed by atoms with van der Waals surface area (Å²) in [6.45, 7) is 5.26. The third kappa shape index (κ3) is 35.3. The van der Waals surface area contributed by atoms with Crippen molar-refractivity contribution in [2.75, 3.05) is 54.1 Å². The van der Waals surface area contributed by atoms with Gasteiger partial charge in [0.05, 0.1) is 34.4 Å². The van der Waals surface area contributed by atoms with Gasteiger partial charge in [0.15, 0.2) is 0 Å². The summed E-state index contributed by atoms with van der Waals surface area (Å²) in [4.78, 5) is 22.3. The first-order valence-electron chi connectivity index (χ1n) is 18.0. The highest BCUT2D eigenvalue weighted by atomic mass is 31.2. The van der Waals surface area contributed by atoms with Crippen LogP contribution in [0.1, 0.15) is 117 Å². The molecule has 8 nitrogen and oxygen atoms in total. The van der Waals surface area contributed by atoms with E-state index >= 15 is 0 Å². The van der Waals surface area contributed by atoms with Crippen molar-refractivity contribution >= 4 is 13.8 Å². The first-order chi connectivity index (χ1) is 22.6. The van der Waals surface area contributed by atoms with Crippen molar-refractivity contribution in [1.29, 1.82) is 0 Å². The molecule has 0 bridgehead atoms. The largest absolute Gasteiger partial charge is 0.472 e. The molecule has 9 heteroatoms. The van der Waals surface area contributed by atoms with E-state index < -0.39 is 13.9 Å². The molecular formula is C38H69NO7P+. The van der Waals surface area contributed by atoms with Crippen LogP contribution in [0.5, 0.6) is 0 Å². The Bertz CT molecular complexity index is 937. The van der Waals surface area contributed by atoms with E-state index in [2.05, 4.69) is 74.6 Å². The minimum Gasteiger partial charge on any atom is -0.457 e. The highest BCUT2D eigenvalue weighted by molar-refractivity contribution is 7.47. The number of rotatable bonds is 32. The molecule has 272 valence electrons. The van der Waals surface area contributed by atoms with Crippen molar-refractivity contribution in [2.45, 2.75) is 123 Å². The third-order valence-electron chi connectivity index (χ3n) is 7.09. The van der Waals surface area contributed by atoms with Crippen LogP contribution < -0.4 is 0 Å². The molecule has 2 unspecified atom stereocenters. The molecule has 0 amide bonds. The van der Waals surface area contributed by atoms with Crippen molar-refractivity contribution in [3.8, 4) is 0 Å². The molecular weight excluding hydrogens is 613 g/mol. The Hall–Kier alpha value is -1.80. The van der Waals surface area contributed by atoms with Gasteiger partial charge in [-0.05, 0) is 57.8 Å². The van der Waals surface area contributed by atoms with Crippen LogP contribution in [0.25, 0.3) is 0 Å². The lowest BCUT2D eigenvalue weighted by Gasteiger charge is -2.24. The van der Waals surface area contributed by atoms with Crippen molar-refractivity contribution < 1.29 is 37.3 Å². The second kappa shape index (κ2) is 31.5. The molecule has 0 saturated carbocycles. The molecule has 0 aliphatic heterocycles. The molecule has 0 aromatic carbocycles. The van der Waals surface area contributed by atoms with E-state index in [0.29, 0.717) is 24.1 Å². The van der Waals surface area contributed by atoms with E-state index in [1.165, 1.54) is 19.3 Å². The van der Waals surface area contributed by atoms with Crippen LogP contribution in [0.2, 0.25) is 0 Å². The van der Waals surface area contributed by atoms with Gasteiger partial charge >= 0.3 is 13.8 Å². The fourth-order valence-electron chi connectivity index (χ4n) is 4.28. The molecule has 0 saturated heterocycles. The van der Waals surface area contributed by atoms with Gasteiger partial charge in [0, 0.05) is 13.0 Å². The third-order valence-corrected chi connectivity index (χ3v) is 8.08. The van der Waals surface area contributed by atoms with Crippen molar-refractivity contribution in [1.82, 2.24) is 0 Å². The van der Waals surface area contributed by atoms with E-state index in [9.17, 15) is 14.3 Å². The maximum atomic E-state index is 12.3. The van der Waals surface area contributed by atoms with E-state index in [1.807, 2.05) is 21.1 Å². The summed E-state index contributed by atoms with van der Waals surface area (Å²) in [5.74, 6) is -0.348. The molecule has 0 aromatic heterocycles. The zero-order valence-electron chi connectivity index (χ0n) is 30.5. The van der Waals surface area contributed by atoms with Crippen molar-refractivity contribution in [3.05, 3.63) is 60.8 Å². The normalized spacial score (nSPS) is 14.8. The van der Waals surface area contributed by atoms with Gasteiger partial charge in [-0.25, -0.2) is 4.57 Å². The first kappa shape index (κ1) is 45.2. The number of carbonyl (C=O) groups is 1. The van der Waals surface area contributed by atoms with E-state index in [4.69, 9.17) is 18.5 Å². The van der Waals surface area contributed by atoms with Crippen LogP contribution in [0, 0.1) is 0 Å². The highest BCUT2D eigenvalue weighted by Gasteiger charge is 2.26. The molecule has 0 fully saturated rings. The van der Waals surface area contributed by atoms with Crippen molar-refractivity contribution in [3.63, 3.8) is 0 Å². The van der Waals surface area contributed by atoms with Gasteiger partial charge in [0.2, 0.25) is 0 Å². The monoisotopic (exact) mass is 682 g/mol. The van der Waals surface area contributed by atoms with E-state index in [-0.39, 0.29) is 25.8 Å². The maximum absolute atomic E-state index is 12.3. The van der Waals surface area contributed by atoms with E-state index in [1.54, 1.807) is 0 Å². The van der Waals surface area contributed by atoms with Gasteiger partial charge in [-0.15, -0.1) is 0 Å². The average Bonchev–Trinajstić information content (AvgIpc) is 3.01. The molecule has 0 spiro atoms. The zero-order valence-corrected chi connectivity index (χ0v) is 31.4. The van der Waals surface area contributed by atoms with Gasteiger partial charge in [0.25, 0.3) is 0 Å². The number of allylic oxidation sites excluding steroid dienone is 10. The van der Waals surface area contributed by atoms with Crippen LogP contribution in [0.3, 0.4) is 0 Å². The minimum absolute atomic E-state index is 0.0820. The molecule has 0 radical (unpaired) electrons. The summed E-state index contributed by atoms with van der Waals surface area (Å²) in [6, 6.07) is 0. The first-order valence-corrected chi connectivity index (χ1v) is 19.5. The summed E-state index contributed by atoms with van der Waals surface area (Å²) < 4.78 is 34.4. The summed E-state index contributed by atoms with van der Waals surface area (Å²) in [7, 11) is 1.64. The summed E-state index contributed by atoms with van der Waals surface area (Å²) in [5, 5.41) is 0. The van der Waals surface area contributed by atoms with Gasteiger partial charge in [-0.2, -0.15) is 0 Å². The lowest BCUT2D eigenvalue weighted by Crippen LogP contribution is -2.37. The Morgan fingerprint density at radius 1 is 0.681 bits per heavy atom. The predicted molar refractivity (Wildman–Crippen MR) is 196 cm³/mol. The van der Waals surface area contributed by atoms with Gasteiger partial charge in [0.1, 0.15) is 19.3 Å². The Kier molecular flexibility index (Phi) is 30.3. The number of esters is 1. The SMILES string of the molecule is CC/C=C\C/C=C\C/C=C\C/C=C\C/C=C\CCCCCCCCOCC(COP(=O)(O)OCC[N+](C)(C)C)OC(=O)CCCCC. The number of hydrogen-bond donors (Lipinski definition) is 1. The van der Waals surface area contributed by atoms with Crippen molar-refractivity contribution in [2.24, 2.45) is 0 Å². The zero-order chi connectivity index (χ0) is 34.9. The Balaban J connectivity index is 4.03. The number of phosphoric acid groups is 1. The number of unbranched alkanes of at least 4 members (excludes halogenated alkanes) is 8. The lowest BCUT2D eigenvalue weighted by molar-refractivity contribution is -0.870. The molecule has 1 N–H and O–H groups in total. The Morgan fingerprint density at radius 3 is 1.81 bits per heavy atom. The molecule has 0 aliphatic carbocycles.